The van der Waals surface area contributed by atoms with E-state index in [-0.39, 0.29) is 10.1 Å². The van der Waals surface area contributed by atoms with Crippen molar-refractivity contribution in [3.8, 4) is 0 Å². The molecule has 16 heavy (non-hydrogen) atoms. The van der Waals surface area contributed by atoms with Crippen LogP contribution < -0.4 is 5.73 Å². The maximum atomic E-state index is 11.0. The highest BCUT2D eigenvalue weighted by molar-refractivity contribution is 8.02. The standard InChI is InChI=1S/C9H12N2O3S2/c1-3-5(7(10)12)15-9-11-4(2)6(16-9)8(13)14/h5H,3H2,1-2H3,(H2,10,12)(H,13,14). The lowest BCUT2D eigenvalue weighted by Gasteiger charge is -2.06. The molecule has 1 atom stereocenters. The molecule has 0 aliphatic carbocycles. The van der Waals surface area contributed by atoms with Crippen LogP contribution in [0.4, 0.5) is 0 Å². The number of thiazole rings is 1. The van der Waals surface area contributed by atoms with Crippen molar-refractivity contribution >= 4 is 35.0 Å². The van der Waals surface area contributed by atoms with E-state index in [4.69, 9.17) is 10.8 Å². The molecule has 0 aliphatic rings. The molecule has 0 bridgehead atoms. The summed E-state index contributed by atoms with van der Waals surface area (Å²) in [5.41, 5.74) is 5.67. The fraction of sp³-hybridized carbons (Fsp3) is 0.444. The Morgan fingerprint density at radius 1 is 1.62 bits per heavy atom. The first kappa shape index (κ1) is 13.0. The van der Waals surface area contributed by atoms with Crippen molar-refractivity contribution in [3.05, 3.63) is 10.6 Å². The van der Waals surface area contributed by atoms with Gasteiger partial charge in [0.2, 0.25) is 5.91 Å². The summed E-state index contributed by atoms with van der Waals surface area (Å²) in [5.74, 6) is -1.40. The van der Waals surface area contributed by atoms with Gasteiger partial charge in [0.15, 0.2) is 4.34 Å². The van der Waals surface area contributed by atoms with Crippen molar-refractivity contribution < 1.29 is 14.7 Å². The van der Waals surface area contributed by atoms with Crippen molar-refractivity contribution in [2.45, 2.75) is 29.9 Å². The minimum absolute atomic E-state index is 0.210. The quantitative estimate of drug-likeness (QED) is 0.783. The zero-order valence-electron chi connectivity index (χ0n) is 8.89. The molecule has 0 fully saturated rings. The Morgan fingerprint density at radius 2 is 2.25 bits per heavy atom. The van der Waals surface area contributed by atoms with Crippen molar-refractivity contribution in [1.82, 2.24) is 4.98 Å². The first-order chi connectivity index (χ1) is 7.45. The number of carboxylic acids is 1. The first-order valence-electron chi connectivity index (χ1n) is 4.62. The van der Waals surface area contributed by atoms with Gasteiger partial charge in [-0.25, -0.2) is 9.78 Å². The molecule has 7 heteroatoms. The van der Waals surface area contributed by atoms with Crippen molar-refractivity contribution in [1.29, 1.82) is 0 Å². The van der Waals surface area contributed by atoms with Gasteiger partial charge < -0.3 is 10.8 Å². The van der Waals surface area contributed by atoms with Gasteiger partial charge in [-0.05, 0) is 13.3 Å². The fourth-order valence-electron chi connectivity index (χ4n) is 1.08. The zero-order valence-corrected chi connectivity index (χ0v) is 10.5. The van der Waals surface area contributed by atoms with Crippen LogP contribution in [-0.4, -0.2) is 27.2 Å². The average molecular weight is 260 g/mol. The minimum atomic E-state index is -0.992. The second-order valence-electron chi connectivity index (χ2n) is 3.12. The molecule has 0 saturated carbocycles. The summed E-state index contributed by atoms with van der Waals surface area (Å²) in [7, 11) is 0. The normalized spacial score (nSPS) is 12.4. The van der Waals surface area contributed by atoms with Gasteiger partial charge in [-0.2, -0.15) is 0 Å². The molecule has 1 unspecified atom stereocenters. The highest BCUT2D eigenvalue weighted by Crippen LogP contribution is 2.31. The van der Waals surface area contributed by atoms with E-state index in [0.717, 1.165) is 11.3 Å². The molecule has 0 saturated heterocycles. The molecular formula is C9H12N2O3S2. The van der Waals surface area contributed by atoms with Crippen molar-refractivity contribution in [3.63, 3.8) is 0 Å². The first-order valence-corrected chi connectivity index (χ1v) is 6.32. The predicted octanol–water partition coefficient (Wildman–Crippen LogP) is 1.51. The third-order valence-corrected chi connectivity index (χ3v) is 4.52. The van der Waals surface area contributed by atoms with Crippen LogP contribution in [0.5, 0.6) is 0 Å². The molecule has 3 N–H and O–H groups in total. The number of aromatic nitrogens is 1. The summed E-state index contributed by atoms with van der Waals surface area (Å²) < 4.78 is 0.570. The Bertz CT molecular complexity index is 417. The molecule has 1 amide bonds. The number of nitrogens with two attached hydrogens (primary N) is 1. The van der Waals surface area contributed by atoms with Gasteiger partial charge in [0.05, 0.1) is 10.9 Å². The number of carboxylic acid groups (broad SMARTS) is 1. The van der Waals surface area contributed by atoms with Gasteiger partial charge in [0.1, 0.15) is 4.88 Å². The summed E-state index contributed by atoms with van der Waals surface area (Å²) in [6.07, 6.45) is 0.598. The molecule has 5 nitrogen and oxygen atoms in total. The highest BCUT2D eigenvalue weighted by Gasteiger charge is 2.20. The molecule has 0 aromatic carbocycles. The van der Waals surface area contributed by atoms with E-state index in [9.17, 15) is 9.59 Å². The van der Waals surface area contributed by atoms with Crippen LogP contribution in [0.15, 0.2) is 4.34 Å². The van der Waals surface area contributed by atoms with Gasteiger partial charge in [0, 0.05) is 0 Å². The van der Waals surface area contributed by atoms with E-state index in [1.807, 2.05) is 6.92 Å². The lowest BCUT2D eigenvalue weighted by atomic mass is 10.3. The average Bonchev–Trinajstić information content (AvgIpc) is 2.55. The predicted molar refractivity (Wildman–Crippen MR) is 62.9 cm³/mol. The van der Waals surface area contributed by atoms with Crippen LogP contribution in [0.2, 0.25) is 0 Å². The zero-order chi connectivity index (χ0) is 12.3. The number of primary amides is 1. The number of carbonyl (C=O) groups is 2. The van der Waals surface area contributed by atoms with Gasteiger partial charge in [-0.1, -0.05) is 18.7 Å². The van der Waals surface area contributed by atoms with Crippen LogP contribution in [0, 0.1) is 6.92 Å². The lowest BCUT2D eigenvalue weighted by Crippen LogP contribution is -2.24. The van der Waals surface area contributed by atoms with E-state index in [1.54, 1.807) is 6.92 Å². The molecule has 88 valence electrons. The molecular weight excluding hydrogens is 248 g/mol. The maximum Gasteiger partial charge on any atom is 0.347 e. The number of hydrogen-bond acceptors (Lipinski definition) is 5. The Morgan fingerprint density at radius 3 is 2.62 bits per heavy atom. The van der Waals surface area contributed by atoms with Crippen LogP contribution in [0.3, 0.4) is 0 Å². The molecule has 1 heterocycles. The van der Waals surface area contributed by atoms with Crippen LogP contribution in [0.25, 0.3) is 0 Å². The fourth-order valence-corrected chi connectivity index (χ4v) is 3.23. The summed E-state index contributed by atoms with van der Waals surface area (Å²) in [6.45, 7) is 3.48. The minimum Gasteiger partial charge on any atom is -0.477 e. The highest BCUT2D eigenvalue weighted by atomic mass is 32.2. The summed E-state index contributed by atoms with van der Waals surface area (Å²) >= 11 is 2.29. The molecule has 0 aliphatic heterocycles. The number of thioether (sulfide) groups is 1. The number of aryl methyl sites for hydroxylation is 1. The van der Waals surface area contributed by atoms with Crippen LogP contribution in [0.1, 0.15) is 28.7 Å². The van der Waals surface area contributed by atoms with Crippen LogP contribution >= 0.6 is 23.1 Å². The number of aromatic carboxylic acids is 1. The second-order valence-corrected chi connectivity index (χ2v) is 5.57. The Balaban J connectivity index is 2.86. The van der Waals surface area contributed by atoms with Crippen LogP contribution in [-0.2, 0) is 4.79 Å². The number of amides is 1. The number of rotatable bonds is 5. The second kappa shape index (κ2) is 5.31. The third-order valence-electron chi connectivity index (χ3n) is 1.90. The van der Waals surface area contributed by atoms with Gasteiger partial charge in [0.25, 0.3) is 0 Å². The molecule has 0 radical (unpaired) electrons. The topological polar surface area (TPSA) is 93.3 Å². The number of hydrogen-bond donors (Lipinski definition) is 2. The summed E-state index contributed by atoms with van der Waals surface area (Å²) in [4.78, 5) is 26.1. The smallest absolute Gasteiger partial charge is 0.347 e. The van der Waals surface area contributed by atoms with Crippen molar-refractivity contribution in [2.24, 2.45) is 5.73 Å². The van der Waals surface area contributed by atoms with E-state index >= 15 is 0 Å². The van der Waals surface area contributed by atoms with E-state index < -0.39 is 11.9 Å². The van der Waals surface area contributed by atoms with Gasteiger partial charge in [-0.15, -0.1) is 11.3 Å². The Hall–Kier alpha value is -1.08. The lowest BCUT2D eigenvalue weighted by molar-refractivity contribution is -0.117. The number of nitrogens with zero attached hydrogens (tertiary/aromatic N) is 1. The molecule has 0 spiro atoms. The molecule has 1 aromatic heterocycles. The van der Waals surface area contributed by atoms with Crippen molar-refractivity contribution in [2.75, 3.05) is 0 Å². The Kier molecular flexibility index (Phi) is 4.31. The van der Waals surface area contributed by atoms with Gasteiger partial charge in [-0.3, -0.25) is 4.79 Å². The Labute approximate surface area is 101 Å². The SMILES string of the molecule is CCC(Sc1nc(C)c(C(=O)O)s1)C(N)=O. The molecule has 1 aromatic rings. The van der Waals surface area contributed by atoms with E-state index in [2.05, 4.69) is 4.98 Å². The third kappa shape index (κ3) is 2.96. The van der Waals surface area contributed by atoms with E-state index in [1.165, 1.54) is 11.8 Å². The maximum absolute atomic E-state index is 11.0. The summed E-state index contributed by atoms with van der Waals surface area (Å²) in [5, 5.41) is 8.49. The molecule has 1 rings (SSSR count). The monoisotopic (exact) mass is 260 g/mol. The van der Waals surface area contributed by atoms with E-state index in [0.29, 0.717) is 16.5 Å². The van der Waals surface area contributed by atoms with Gasteiger partial charge >= 0.3 is 5.97 Å². The summed E-state index contributed by atoms with van der Waals surface area (Å²) in [6, 6.07) is 0. The largest absolute Gasteiger partial charge is 0.477 e. The number of carbonyl (C=O) groups excluding carboxylic acids is 1.